The summed E-state index contributed by atoms with van der Waals surface area (Å²) >= 11 is 0. The number of likely N-dealkylation sites (tertiary alicyclic amines) is 1. The molecule has 2 aromatic rings. The van der Waals surface area contributed by atoms with Crippen LogP contribution in [0.2, 0.25) is 0 Å². The predicted molar refractivity (Wildman–Crippen MR) is 94.0 cm³/mol. The Balaban J connectivity index is 1.71. The molecular formula is C18H21N3O3. The maximum Gasteiger partial charge on any atom is 0.407 e. The molecule has 1 saturated heterocycles. The number of nitrogens with zero attached hydrogens (tertiary/aromatic N) is 1. The number of carboxylic acid groups (broad SMARTS) is 1. The lowest BCUT2D eigenvalue weighted by atomic mass is 9.96. The number of carbonyl (C=O) groups is 2. The summed E-state index contributed by atoms with van der Waals surface area (Å²) in [6, 6.07) is 6.06. The predicted octanol–water partition coefficient (Wildman–Crippen LogP) is 3.53. The number of hydrogen-bond donors (Lipinski definition) is 3. The van der Waals surface area contributed by atoms with Crippen molar-refractivity contribution in [3.8, 4) is 0 Å². The second-order valence-corrected chi connectivity index (χ2v) is 6.15. The Labute approximate surface area is 140 Å². The third kappa shape index (κ3) is 3.59. The van der Waals surface area contributed by atoms with Gasteiger partial charge in [-0.25, -0.2) is 4.79 Å². The molecule has 1 aliphatic rings. The van der Waals surface area contributed by atoms with E-state index in [0.29, 0.717) is 19.0 Å². The maximum atomic E-state index is 11.3. The maximum absolute atomic E-state index is 11.3. The fourth-order valence-electron chi connectivity index (χ4n) is 3.07. The van der Waals surface area contributed by atoms with E-state index in [4.69, 9.17) is 5.11 Å². The Morgan fingerprint density at radius 2 is 2.08 bits per heavy atom. The molecule has 6 nitrogen and oxygen atoms in total. The van der Waals surface area contributed by atoms with Crippen molar-refractivity contribution in [3.05, 3.63) is 36.0 Å². The molecule has 2 heterocycles. The summed E-state index contributed by atoms with van der Waals surface area (Å²) < 4.78 is 0. The summed E-state index contributed by atoms with van der Waals surface area (Å²) in [6.07, 6.45) is 6.90. The number of nitrogens with one attached hydrogen (secondary N) is 2. The first-order valence-corrected chi connectivity index (χ1v) is 8.08. The number of hydrogen-bond acceptors (Lipinski definition) is 2. The fraction of sp³-hybridized carbons (Fsp3) is 0.333. The van der Waals surface area contributed by atoms with Crippen LogP contribution in [0.3, 0.4) is 0 Å². The number of rotatable bonds is 3. The summed E-state index contributed by atoms with van der Waals surface area (Å²) in [5, 5.41) is 12.8. The average Bonchev–Trinajstić information content (AvgIpc) is 2.95. The summed E-state index contributed by atoms with van der Waals surface area (Å²) in [4.78, 5) is 26.8. The lowest BCUT2D eigenvalue weighted by Gasteiger charge is -2.28. The van der Waals surface area contributed by atoms with Gasteiger partial charge in [0.15, 0.2) is 0 Å². The second kappa shape index (κ2) is 6.78. The zero-order valence-corrected chi connectivity index (χ0v) is 13.6. The van der Waals surface area contributed by atoms with Gasteiger partial charge in [-0.1, -0.05) is 18.2 Å². The van der Waals surface area contributed by atoms with E-state index in [-0.39, 0.29) is 5.91 Å². The molecule has 0 atom stereocenters. The highest BCUT2D eigenvalue weighted by Gasteiger charge is 2.20. The van der Waals surface area contributed by atoms with Gasteiger partial charge in [-0.2, -0.15) is 0 Å². The number of aromatic nitrogens is 1. The molecule has 126 valence electrons. The highest BCUT2D eigenvalue weighted by molar-refractivity contribution is 6.01. The van der Waals surface area contributed by atoms with Crippen LogP contribution in [-0.2, 0) is 4.79 Å². The monoisotopic (exact) mass is 327 g/mol. The molecule has 0 saturated carbocycles. The molecule has 0 aliphatic carbocycles. The van der Waals surface area contributed by atoms with Gasteiger partial charge in [0.2, 0.25) is 5.91 Å². The zero-order valence-electron chi connectivity index (χ0n) is 13.6. The molecule has 2 amide bonds. The minimum atomic E-state index is -0.833. The van der Waals surface area contributed by atoms with E-state index in [9.17, 15) is 9.59 Å². The van der Waals surface area contributed by atoms with Gasteiger partial charge in [0.25, 0.3) is 0 Å². The summed E-state index contributed by atoms with van der Waals surface area (Å²) in [5.74, 6) is 0.305. The quantitative estimate of drug-likeness (QED) is 0.806. The van der Waals surface area contributed by atoms with Crippen molar-refractivity contribution in [2.75, 3.05) is 18.4 Å². The van der Waals surface area contributed by atoms with Crippen molar-refractivity contribution >= 4 is 34.7 Å². The molecule has 0 bridgehead atoms. The van der Waals surface area contributed by atoms with Gasteiger partial charge in [-0.3, -0.25) is 4.79 Å². The molecule has 1 fully saturated rings. The van der Waals surface area contributed by atoms with Crippen LogP contribution in [0.1, 0.15) is 25.3 Å². The fourth-order valence-corrected chi connectivity index (χ4v) is 3.07. The van der Waals surface area contributed by atoms with Gasteiger partial charge < -0.3 is 20.3 Å². The Bertz CT molecular complexity index is 786. The molecule has 0 radical (unpaired) electrons. The van der Waals surface area contributed by atoms with Gasteiger partial charge >= 0.3 is 6.09 Å². The van der Waals surface area contributed by atoms with Crippen LogP contribution >= 0.6 is 0 Å². The van der Waals surface area contributed by atoms with Crippen LogP contribution in [0.4, 0.5) is 10.5 Å². The van der Waals surface area contributed by atoms with Gasteiger partial charge in [0, 0.05) is 37.1 Å². The highest BCUT2D eigenvalue weighted by atomic mass is 16.4. The number of amides is 2. The molecule has 1 aliphatic heterocycles. The van der Waals surface area contributed by atoms with Crippen molar-refractivity contribution in [1.82, 2.24) is 9.88 Å². The molecule has 3 N–H and O–H groups in total. The van der Waals surface area contributed by atoms with Crippen molar-refractivity contribution < 1.29 is 14.7 Å². The van der Waals surface area contributed by atoms with Crippen molar-refractivity contribution in [3.63, 3.8) is 0 Å². The van der Waals surface area contributed by atoms with Crippen LogP contribution in [0, 0.1) is 5.92 Å². The highest BCUT2D eigenvalue weighted by Crippen LogP contribution is 2.26. The molecule has 0 spiro atoms. The number of fused-ring (bicyclic) bond motifs is 1. The number of allylic oxidation sites excluding steroid dienone is 1. The summed E-state index contributed by atoms with van der Waals surface area (Å²) in [6.45, 7) is 2.67. The van der Waals surface area contributed by atoms with E-state index >= 15 is 0 Å². The van der Waals surface area contributed by atoms with Crippen LogP contribution in [0.5, 0.6) is 0 Å². The third-order valence-corrected chi connectivity index (χ3v) is 4.39. The first kappa shape index (κ1) is 16.1. The van der Waals surface area contributed by atoms with E-state index < -0.39 is 6.09 Å². The van der Waals surface area contributed by atoms with Gasteiger partial charge in [-0.05, 0) is 36.5 Å². The second-order valence-electron chi connectivity index (χ2n) is 6.15. The van der Waals surface area contributed by atoms with E-state index in [1.165, 1.54) is 11.8 Å². The van der Waals surface area contributed by atoms with Crippen LogP contribution in [-0.4, -0.2) is 40.1 Å². The van der Waals surface area contributed by atoms with Crippen LogP contribution < -0.4 is 5.32 Å². The van der Waals surface area contributed by atoms with Gasteiger partial charge in [-0.15, -0.1) is 0 Å². The molecule has 6 heteroatoms. The van der Waals surface area contributed by atoms with E-state index in [0.717, 1.165) is 35.0 Å². The van der Waals surface area contributed by atoms with Gasteiger partial charge in [0.05, 0.1) is 5.69 Å². The SMILES string of the molecule is CC(=O)Nc1c[nH]c2ccc(/C=C/C3CCN(C(=O)O)CC3)cc12. The largest absolute Gasteiger partial charge is 0.465 e. The Kier molecular flexibility index (Phi) is 4.55. The number of H-pyrrole nitrogens is 1. The van der Waals surface area contributed by atoms with Gasteiger partial charge in [0.1, 0.15) is 0 Å². The normalized spacial score (nSPS) is 16.0. The molecule has 1 aromatic heterocycles. The Morgan fingerprint density at radius 3 is 2.75 bits per heavy atom. The molecule has 24 heavy (non-hydrogen) atoms. The molecule has 3 rings (SSSR count). The minimum Gasteiger partial charge on any atom is -0.465 e. The van der Waals surface area contributed by atoms with Crippen molar-refractivity contribution in [1.29, 1.82) is 0 Å². The third-order valence-electron chi connectivity index (χ3n) is 4.39. The Hall–Kier alpha value is -2.76. The van der Waals surface area contributed by atoms with Crippen molar-refractivity contribution in [2.45, 2.75) is 19.8 Å². The zero-order chi connectivity index (χ0) is 17.1. The molecular weight excluding hydrogens is 306 g/mol. The van der Waals surface area contributed by atoms with Crippen molar-refractivity contribution in [2.24, 2.45) is 5.92 Å². The number of anilines is 1. The molecule has 1 aromatic carbocycles. The lowest BCUT2D eigenvalue weighted by Crippen LogP contribution is -2.36. The Morgan fingerprint density at radius 1 is 1.33 bits per heavy atom. The minimum absolute atomic E-state index is 0.0953. The number of piperidine rings is 1. The van der Waals surface area contributed by atoms with E-state index in [1.807, 2.05) is 18.2 Å². The standard InChI is InChI=1S/C18H21N3O3/c1-12(22)20-17-11-19-16-5-4-14(10-15(16)17)3-2-13-6-8-21(9-7-13)18(23)24/h2-5,10-11,13,19H,6-9H2,1H3,(H,20,22)(H,23,24)/b3-2+. The van der Waals surface area contributed by atoms with Crippen LogP contribution in [0.15, 0.2) is 30.5 Å². The lowest BCUT2D eigenvalue weighted by molar-refractivity contribution is -0.114. The van der Waals surface area contributed by atoms with E-state index in [1.54, 1.807) is 6.20 Å². The topological polar surface area (TPSA) is 85.4 Å². The summed E-state index contributed by atoms with van der Waals surface area (Å²) in [7, 11) is 0. The molecule has 0 unspecified atom stereocenters. The first-order chi connectivity index (χ1) is 11.5. The number of aromatic amines is 1. The van der Waals surface area contributed by atoms with E-state index in [2.05, 4.69) is 22.5 Å². The smallest absolute Gasteiger partial charge is 0.407 e. The number of benzene rings is 1. The average molecular weight is 327 g/mol. The number of carbonyl (C=O) groups excluding carboxylic acids is 1. The van der Waals surface area contributed by atoms with Crippen LogP contribution in [0.25, 0.3) is 17.0 Å². The summed E-state index contributed by atoms with van der Waals surface area (Å²) in [5.41, 5.74) is 2.82. The first-order valence-electron chi connectivity index (χ1n) is 8.08.